The first kappa shape index (κ1) is 28.4. The van der Waals surface area contributed by atoms with Gasteiger partial charge in [0, 0.05) is 48.7 Å². The van der Waals surface area contributed by atoms with Gasteiger partial charge in [-0.05, 0) is 23.6 Å². The minimum absolute atomic E-state index is 0.0106. The van der Waals surface area contributed by atoms with Crippen molar-refractivity contribution in [1.82, 2.24) is 4.31 Å². The first-order valence-corrected chi connectivity index (χ1v) is 15.4. The largest absolute Gasteiger partial charge is 0.366 e. The van der Waals surface area contributed by atoms with Gasteiger partial charge in [0.05, 0.1) is 29.0 Å². The van der Waals surface area contributed by atoms with Gasteiger partial charge in [0.2, 0.25) is 10.0 Å². The lowest BCUT2D eigenvalue weighted by Crippen LogP contribution is -2.38. The summed E-state index contributed by atoms with van der Waals surface area (Å²) in [6.45, 7) is 0.0538. The second kappa shape index (κ2) is 11.5. The Labute approximate surface area is 223 Å². The lowest BCUT2D eigenvalue weighted by atomic mass is 10.0. The smallest absolute Gasteiger partial charge is 0.272 e. The van der Waals surface area contributed by atoms with Gasteiger partial charge in [0.25, 0.3) is 15.8 Å². The number of terminal acetylenes is 1. The highest BCUT2D eigenvalue weighted by molar-refractivity contribution is 9.09. The van der Waals surface area contributed by atoms with E-state index in [0.29, 0.717) is 16.8 Å². The number of anilines is 1. The summed E-state index contributed by atoms with van der Waals surface area (Å²) in [6.07, 6.45) is 6.93. The summed E-state index contributed by atoms with van der Waals surface area (Å²) in [5.41, 5.74) is 1.17. The molecule has 2 aromatic carbocycles. The molecule has 1 aliphatic heterocycles. The van der Waals surface area contributed by atoms with E-state index in [9.17, 15) is 26.9 Å². The van der Waals surface area contributed by atoms with Crippen LogP contribution in [-0.2, 0) is 37.3 Å². The van der Waals surface area contributed by atoms with Gasteiger partial charge in [-0.1, -0.05) is 45.6 Å². The molecule has 0 bridgehead atoms. The predicted molar refractivity (Wildman–Crippen MR) is 141 cm³/mol. The molecule has 0 N–H and O–H groups in total. The number of nitrogens with zero attached hydrogens (tertiary/aromatic N) is 3. The number of hydrogen-bond donors (Lipinski definition) is 0. The van der Waals surface area contributed by atoms with Crippen LogP contribution >= 0.6 is 27.5 Å². The Morgan fingerprint density at radius 1 is 1.28 bits per heavy atom. The van der Waals surface area contributed by atoms with Crippen LogP contribution in [0.5, 0.6) is 0 Å². The number of fused-ring (bicyclic) bond motifs is 1. The molecule has 0 aliphatic carbocycles. The fourth-order valence-corrected chi connectivity index (χ4v) is 6.71. The first-order valence-electron chi connectivity index (χ1n) is 10.6. The van der Waals surface area contributed by atoms with Crippen LogP contribution in [0.15, 0.2) is 35.2 Å². The van der Waals surface area contributed by atoms with Crippen molar-refractivity contribution in [3.63, 3.8) is 0 Å². The van der Waals surface area contributed by atoms with Crippen LogP contribution in [0, 0.1) is 22.5 Å². The molecular weight excluding hydrogens is 598 g/mol. The molecule has 0 radical (unpaired) electrons. The van der Waals surface area contributed by atoms with Crippen LogP contribution in [0.3, 0.4) is 0 Å². The van der Waals surface area contributed by atoms with Crippen LogP contribution in [0.4, 0.5) is 11.4 Å². The number of nitro groups is 1. The number of rotatable bonds is 10. The number of halogens is 2. The molecule has 0 fully saturated rings. The molecule has 0 saturated carbocycles. The lowest BCUT2D eigenvalue weighted by molar-refractivity contribution is -0.385. The zero-order valence-corrected chi connectivity index (χ0v) is 23.2. The van der Waals surface area contributed by atoms with Gasteiger partial charge in [0.1, 0.15) is 4.90 Å². The van der Waals surface area contributed by atoms with Crippen LogP contribution in [0.1, 0.15) is 16.7 Å². The van der Waals surface area contributed by atoms with E-state index in [0.717, 1.165) is 29.5 Å². The first-order chi connectivity index (χ1) is 16.9. The molecule has 3 rings (SSSR count). The quantitative estimate of drug-likeness (QED) is 0.130. The van der Waals surface area contributed by atoms with Gasteiger partial charge in [-0.25, -0.2) is 8.42 Å². The van der Waals surface area contributed by atoms with Crippen LogP contribution < -0.4 is 4.90 Å². The second-order valence-electron chi connectivity index (χ2n) is 7.91. The van der Waals surface area contributed by atoms with E-state index in [1.807, 2.05) is 0 Å². The molecule has 14 heteroatoms. The Balaban J connectivity index is 2.14. The van der Waals surface area contributed by atoms with Crippen molar-refractivity contribution >= 4 is 59.0 Å². The molecule has 2 aromatic rings. The number of alkyl halides is 1. The van der Waals surface area contributed by atoms with Gasteiger partial charge >= 0.3 is 0 Å². The number of sulfonamides is 1. The highest BCUT2D eigenvalue weighted by atomic mass is 79.9. The molecule has 0 spiro atoms. The standard InChI is InChI=1S/C22H23BrClN3O7S2/c1-3-16-13-18(27(28)29)14-21(22(16)25(10-8-23)11-12-34-35(2,30)31)36(32,33)26-9-7-19-17(15-26)5-4-6-20(19)24/h1,4-6,13-14H,7-12,15H2,2H3. The maximum absolute atomic E-state index is 13.9. The monoisotopic (exact) mass is 619 g/mol. The van der Waals surface area contributed by atoms with Gasteiger partial charge in [-0.15, -0.1) is 6.42 Å². The molecule has 0 saturated heterocycles. The minimum Gasteiger partial charge on any atom is -0.366 e. The Bertz CT molecular complexity index is 1430. The molecule has 0 amide bonds. The number of hydrogen-bond acceptors (Lipinski definition) is 8. The number of benzene rings is 2. The Kier molecular flexibility index (Phi) is 9.02. The van der Waals surface area contributed by atoms with E-state index in [1.165, 1.54) is 4.31 Å². The van der Waals surface area contributed by atoms with Gasteiger partial charge in [0.15, 0.2) is 0 Å². The Hall–Kier alpha value is -2.21. The second-order valence-corrected chi connectivity index (χ2v) is 12.7. The molecule has 0 unspecified atom stereocenters. The van der Waals surface area contributed by atoms with Crippen molar-refractivity contribution in [1.29, 1.82) is 0 Å². The van der Waals surface area contributed by atoms with E-state index in [1.54, 1.807) is 23.1 Å². The predicted octanol–water partition coefficient (Wildman–Crippen LogP) is 3.15. The third kappa shape index (κ3) is 6.37. The van der Waals surface area contributed by atoms with E-state index in [4.69, 9.17) is 22.2 Å². The fraction of sp³-hybridized carbons (Fsp3) is 0.364. The highest BCUT2D eigenvalue weighted by Crippen LogP contribution is 2.37. The minimum atomic E-state index is -4.28. The topological polar surface area (TPSA) is 127 Å². The van der Waals surface area contributed by atoms with Crippen LogP contribution in [-0.4, -0.2) is 63.9 Å². The molecule has 1 aliphatic rings. The zero-order chi connectivity index (χ0) is 26.7. The van der Waals surface area contributed by atoms with E-state index >= 15 is 0 Å². The average Bonchev–Trinajstić information content (AvgIpc) is 2.81. The SMILES string of the molecule is C#Cc1cc([N+](=O)[O-])cc(S(=O)(=O)N2CCc3c(Cl)cccc3C2)c1N(CCBr)CCOS(C)(=O)=O. The molecule has 0 atom stereocenters. The number of nitro benzene ring substituents is 1. The van der Waals surface area contributed by atoms with Crippen LogP contribution in [0.25, 0.3) is 0 Å². The highest BCUT2D eigenvalue weighted by Gasteiger charge is 2.35. The van der Waals surface area contributed by atoms with Crippen molar-refractivity contribution < 1.29 is 25.9 Å². The van der Waals surface area contributed by atoms with Gasteiger partial charge < -0.3 is 4.90 Å². The molecular formula is C22H23BrClN3O7S2. The normalized spacial score (nSPS) is 14.2. The Morgan fingerprint density at radius 3 is 2.61 bits per heavy atom. The van der Waals surface area contributed by atoms with Crippen molar-refractivity contribution in [2.24, 2.45) is 0 Å². The molecule has 10 nitrogen and oxygen atoms in total. The lowest BCUT2D eigenvalue weighted by Gasteiger charge is -2.32. The maximum atomic E-state index is 13.9. The maximum Gasteiger partial charge on any atom is 0.272 e. The van der Waals surface area contributed by atoms with E-state index in [2.05, 4.69) is 21.9 Å². The molecule has 0 aromatic heterocycles. The van der Waals surface area contributed by atoms with Gasteiger partial charge in [-0.3, -0.25) is 14.3 Å². The van der Waals surface area contributed by atoms with Crippen molar-refractivity contribution in [2.75, 3.05) is 42.7 Å². The molecule has 36 heavy (non-hydrogen) atoms. The summed E-state index contributed by atoms with van der Waals surface area (Å²) in [5.74, 6) is 2.35. The van der Waals surface area contributed by atoms with E-state index in [-0.39, 0.29) is 48.9 Å². The summed E-state index contributed by atoms with van der Waals surface area (Å²) in [4.78, 5) is 12.1. The summed E-state index contributed by atoms with van der Waals surface area (Å²) in [6, 6.07) is 7.35. The van der Waals surface area contributed by atoms with Crippen LogP contribution in [0.2, 0.25) is 5.02 Å². The molecule has 1 heterocycles. The summed E-state index contributed by atoms with van der Waals surface area (Å²) >= 11 is 9.57. The third-order valence-corrected chi connectivity index (χ3v) is 8.71. The summed E-state index contributed by atoms with van der Waals surface area (Å²) < 4.78 is 56.8. The van der Waals surface area contributed by atoms with Crippen molar-refractivity contribution in [3.05, 3.63) is 62.2 Å². The third-order valence-electron chi connectivity index (χ3n) is 5.55. The van der Waals surface area contributed by atoms with Crippen molar-refractivity contribution in [2.45, 2.75) is 17.9 Å². The Morgan fingerprint density at radius 2 is 2.00 bits per heavy atom. The van der Waals surface area contributed by atoms with Crippen molar-refractivity contribution in [3.8, 4) is 12.3 Å². The summed E-state index contributed by atoms with van der Waals surface area (Å²) in [5, 5.41) is 12.5. The van der Waals surface area contributed by atoms with Gasteiger partial charge in [-0.2, -0.15) is 12.7 Å². The zero-order valence-electron chi connectivity index (χ0n) is 19.2. The summed E-state index contributed by atoms with van der Waals surface area (Å²) in [7, 11) is -8.02. The molecule has 194 valence electrons. The average molecular weight is 621 g/mol. The fourth-order valence-electron chi connectivity index (χ4n) is 3.95. The van der Waals surface area contributed by atoms with E-state index < -0.39 is 30.8 Å². The number of non-ortho nitro benzene ring substituents is 1.